The molecule has 1 aliphatic heterocycles. The summed E-state index contributed by atoms with van der Waals surface area (Å²) in [6, 6.07) is 11.3. The molecule has 1 aliphatic rings. The van der Waals surface area contributed by atoms with Gasteiger partial charge in [-0.1, -0.05) is 23.7 Å². The average molecular weight is 618 g/mol. The molecule has 0 saturated carbocycles. The fourth-order valence-corrected chi connectivity index (χ4v) is 5.52. The fraction of sp³-hybridized carbons (Fsp3) is 0.333. The molecule has 1 saturated heterocycles. The third-order valence-electron chi connectivity index (χ3n) is 6.42. The highest BCUT2D eigenvalue weighted by molar-refractivity contribution is 7.92. The van der Waals surface area contributed by atoms with Crippen molar-refractivity contribution in [3.8, 4) is 5.75 Å². The molecular weight excluding hydrogens is 586 g/mol. The molecule has 2 aromatic carbocycles. The number of para-hydroxylation sites is 1. The number of aliphatic hydroxyl groups excluding tert-OH is 1. The Morgan fingerprint density at radius 3 is 2.62 bits per heavy atom. The molecule has 4 N–H and O–H groups in total. The quantitative estimate of drug-likeness (QED) is 0.237. The third kappa shape index (κ3) is 6.83. The second kappa shape index (κ2) is 13.2. The Bertz CT molecular complexity index is 1570. The van der Waals surface area contributed by atoms with Crippen molar-refractivity contribution in [3.63, 3.8) is 0 Å². The summed E-state index contributed by atoms with van der Waals surface area (Å²) in [5.41, 5.74) is 1.40. The molecule has 42 heavy (non-hydrogen) atoms. The Kier molecular flexibility index (Phi) is 9.70. The fourth-order valence-electron chi connectivity index (χ4n) is 4.18. The van der Waals surface area contributed by atoms with E-state index in [1.165, 1.54) is 29.2 Å². The minimum Gasteiger partial charge on any atom is -0.494 e. The Balaban J connectivity index is 1.52. The molecule has 3 amide bonds. The molecule has 13 nitrogen and oxygen atoms in total. The number of urea groups is 1. The molecule has 224 valence electrons. The van der Waals surface area contributed by atoms with Crippen LogP contribution in [0.5, 0.6) is 5.75 Å². The van der Waals surface area contributed by atoms with Crippen LogP contribution in [-0.4, -0.2) is 85.5 Å². The molecular formula is C27H32ClN7O6S. The number of nitrogens with one attached hydrogen (secondary N) is 3. The van der Waals surface area contributed by atoms with Crippen LogP contribution in [0.2, 0.25) is 5.02 Å². The van der Waals surface area contributed by atoms with Crippen LogP contribution in [0.4, 0.5) is 33.6 Å². The van der Waals surface area contributed by atoms with Gasteiger partial charge < -0.3 is 30.7 Å². The Hall–Kier alpha value is -4.14. The predicted octanol–water partition coefficient (Wildman–Crippen LogP) is 3.16. The van der Waals surface area contributed by atoms with E-state index in [9.17, 15) is 18.0 Å². The highest BCUT2D eigenvalue weighted by atomic mass is 35.5. The minimum absolute atomic E-state index is 0.107. The molecule has 4 rings (SSSR count). The topological polar surface area (TPSA) is 166 Å². The summed E-state index contributed by atoms with van der Waals surface area (Å²) in [6.45, 7) is 3.80. The summed E-state index contributed by atoms with van der Waals surface area (Å²) in [5.74, 6) is 0.413. The van der Waals surface area contributed by atoms with Gasteiger partial charge in [-0.3, -0.25) is 9.69 Å². The van der Waals surface area contributed by atoms with Crippen LogP contribution in [0.3, 0.4) is 0 Å². The number of halogens is 1. The Morgan fingerprint density at radius 1 is 1.14 bits per heavy atom. The van der Waals surface area contributed by atoms with Gasteiger partial charge in [0.15, 0.2) is 15.7 Å². The van der Waals surface area contributed by atoms with E-state index in [2.05, 4.69) is 25.9 Å². The highest BCUT2D eigenvalue weighted by Crippen LogP contribution is 2.34. The van der Waals surface area contributed by atoms with Crippen LogP contribution in [0.1, 0.15) is 13.8 Å². The number of benzene rings is 2. The number of carbonyl (C=O) groups excluding carboxylic acids is 2. The van der Waals surface area contributed by atoms with Crippen molar-refractivity contribution in [1.82, 2.24) is 20.2 Å². The van der Waals surface area contributed by atoms with E-state index in [0.717, 1.165) is 0 Å². The van der Waals surface area contributed by atoms with Gasteiger partial charge in [0.05, 0.1) is 41.4 Å². The average Bonchev–Trinajstić information content (AvgIpc) is 3.33. The van der Waals surface area contributed by atoms with Gasteiger partial charge in [-0.2, -0.15) is 4.98 Å². The van der Waals surface area contributed by atoms with Crippen molar-refractivity contribution in [2.45, 2.75) is 24.0 Å². The molecule has 0 unspecified atom stereocenters. The summed E-state index contributed by atoms with van der Waals surface area (Å²) in [6.07, 6.45) is 1.38. The van der Waals surface area contributed by atoms with Gasteiger partial charge in [0.25, 0.3) is 0 Å². The van der Waals surface area contributed by atoms with E-state index in [4.69, 9.17) is 21.4 Å². The number of aliphatic hydroxyl groups is 1. The van der Waals surface area contributed by atoms with E-state index in [0.29, 0.717) is 35.9 Å². The third-order valence-corrected chi connectivity index (χ3v) is 8.90. The van der Waals surface area contributed by atoms with Crippen LogP contribution in [0.25, 0.3) is 0 Å². The van der Waals surface area contributed by atoms with Gasteiger partial charge in [0.1, 0.15) is 17.3 Å². The molecule has 1 fully saturated rings. The number of methoxy groups -OCH3 is 1. The molecule has 0 spiro atoms. The minimum atomic E-state index is -3.58. The first-order valence-electron chi connectivity index (χ1n) is 13.1. The van der Waals surface area contributed by atoms with Gasteiger partial charge in [0.2, 0.25) is 11.9 Å². The summed E-state index contributed by atoms with van der Waals surface area (Å²) >= 11 is 6.35. The van der Waals surface area contributed by atoms with Crippen LogP contribution >= 0.6 is 11.6 Å². The summed E-state index contributed by atoms with van der Waals surface area (Å²) in [7, 11) is -2.10. The van der Waals surface area contributed by atoms with Crippen molar-refractivity contribution in [3.05, 3.63) is 53.7 Å². The van der Waals surface area contributed by atoms with Crippen LogP contribution in [0.15, 0.2) is 53.6 Å². The second-order valence-corrected chi connectivity index (χ2v) is 12.4. The number of ether oxygens (including phenoxy) is 1. The summed E-state index contributed by atoms with van der Waals surface area (Å²) < 4.78 is 31.3. The molecule has 0 atom stereocenters. The van der Waals surface area contributed by atoms with Crippen LogP contribution < -0.4 is 25.6 Å². The monoisotopic (exact) mass is 617 g/mol. The number of nitrogens with zero attached hydrogens (tertiary/aromatic N) is 4. The molecule has 0 aliphatic carbocycles. The lowest BCUT2D eigenvalue weighted by Gasteiger charge is -2.20. The maximum absolute atomic E-state index is 12.9. The van der Waals surface area contributed by atoms with Crippen molar-refractivity contribution in [2.75, 3.05) is 55.4 Å². The lowest BCUT2D eigenvalue weighted by molar-refractivity contribution is -0.121. The van der Waals surface area contributed by atoms with Gasteiger partial charge in [-0.25, -0.2) is 18.2 Å². The molecule has 3 aromatic rings. The number of sulfone groups is 1. The maximum Gasteiger partial charge on any atom is 0.325 e. The standard InChI is InChI=1S/C27H32ClN7O6S/c1-17(2)42(39,40)23-7-5-4-6-21(23)31-25-19(28)15-30-26(33-25)32-20-9-8-18(14-22(20)41-3)35-12-11-34(27(35)38)16-24(37)29-10-13-36/h4-9,14-15,17,36H,10-13,16H2,1-3H3,(H,29,37)(H2,30,31,32,33). The number of hydrogen-bond donors (Lipinski definition) is 4. The zero-order valence-corrected chi connectivity index (χ0v) is 24.9. The zero-order chi connectivity index (χ0) is 30.4. The number of anilines is 5. The normalized spacial score (nSPS) is 13.4. The van der Waals surface area contributed by atoms with Crippen molar-refractivity contribution < 1.29 is 27.9 Å². The van der Waals surface area contributed by atoms with E-state index < -0.39 is 15.1 Å². The Morgan fingerprint density at radius 2 is 1.90 bits per heavy atom. The number of hydrogen-bond acceptors (Lipinski definition) is 10. The maximum atomic E-state index is 12.9. The molecule has 15 heteroatoms. The molecule has 0 bridgehead atoms. The number of rotatable bonds is 12. The smallest absolute Gasteiger partial charge is 0.325 e. The van der Waals surface area contributed by atoms with Gasteiger partial charge >= 0.3 is 6.03 Å². The lowest BCUT2D eigenvalue weighted by atomic mass is 10.2. The summed E-state index contributed by atoms with van der Waals surface area (Å²) in [5, 5.41) is 17.0. The van der Waals surface area contributed by atoms with E-state index in [1.54, 1.807) is 50.2 Å². The van der Waals surface area contributed by atoms with Gasteiger partial charge in [-0.15, -0.1) is 0 Å². The van der Waals surface area contributed by atoms with E-state index in [1.807, 2.05) is 0 Å². The SMILES string of the molecule is COc1cc(N2CCN(CC(=O)NCCO)C2=O)ccc1Nc1ncc(Cl)c(Nc2ccccc2S(=O)(=O)C(C)C)n1. The second-order valence-electron chi connectivity index (χ2n) is 9.54. The molecule has 0 radical (unpaired) electrons. The van der Waals surface area contributed by atoms with Gasteiger partial charge in [0, 0.05) is 31.4 Å². The predicted molar refractivity (Wildman–Crippen MR) is 160 cm³/mol. The first-order valence-corrected chi connectivity index (χ1v) is 15.0. The van der Waals surface area contributed by atoms with Gasteiger partial charge in [-0.05, 0) is 38.1 Å². The molecule has 1 aromatic heterocycles. The van der Waals surface area contributed by atoms with Crippen molar-refractivity contribution >= 4 is 62.2 Å². The largest absolute Gasteiger partial charge is 0.494 e. The summed E-state index contributed by atoms with van der Waals surface area (Å²) in [4.78, 5) is 36.7. The first kappa shape index (κ1) is 30.8. The Labute approximate surface area is 248 Å². The van der Waals surface area contributed by atoms with E-state index in [-0.39, 0.29) is 53.3 Å². The van der Waals surface area contributed by atoms with Crippen molar-refractivity contribution in [2.24, 2.45) is 0 Å². The number of carbonyl (C=O) groups is 2. The number of amides is 3. The zero-order valence-electron chi connectivity index (χ0n) is 23.3. The number of aromatic nitrogens is 2. The highest BCUT2D eigenvalue weighted by Gasteiger charge is 2.31. The molecule has 2 heterocycles. The lowest BCUT2D eigenvalue weighted by Crippen LogP contribution is -2.40. The van der Waals surface area contributed by atoms with Crippen LogP contribution in [-0.2, 0) is 14.6 Å². The first-order chi connectivity index (χ1) is 20.0. The van der Waals surface area contributed by atoms with Crippen LogP contribution in [0, 0.1) is 0 Å². The van der Waals surface area contributed by atoms with Crippen molar-refractivity contribution in [1.29, 1.82) is 0 Å². The van der Waals surface area contributed by atoms with E-state index >= 15 is 0 Å².